The minimum Gasteiger partial charge on any atom is -0.476 e. The van der Waals surface area contributed by atoms with E-state index in [4.69, 9.17) is 4.74 Å². The summed E-state index contributed by atoms with van der Waals surface area (Å²) < 4.78 is 7.45. The number of hydrogen-bond donors (Lipinski definition) is 1. The van der Waals surface area contributed by atoms with Crippen LogP contribution in [0.15, 0.2) is 24.5 Å². The molecule has 1 fully saturated rings. The summed E-state index contributed by atoms with van der Waals surface area (Å²) in [5.74, 6) is 1.27. The van der Waals surface area contributed by atoms with E-state index in [0.29, 0.717) is 11.8 Å². The first kappa shape index (κ1) is 10.5. The zero-order valence-corrected chi connectivity index (χ0v) is 9.67. The first-order valence-corrected chi connectivity index (χ1v) is 6.06. The second-order valence-electron chi connectivity index (χ2n) is 4.42. The van der Waals surface area contributed by atoms with Gasteiger partial charge in [0, 0.05) is 30.9 Å². The van der Waals surface area contributed by atoms with Crippen molar-refractivity contribution in [3.05, 3.63) is 24.5 Å². The van der Waals surface area contributed by atoms with Gasteiger partial charge in [0.2, 0.25) is 5.88 Å². The second kappa shape index (κ2) is 4.71. The molecule has 0 spiro atoms. The molecule has 1 aliphatic rings. The van der Waals surface area contributed by atoms with Crippen LogP contribution in [-0.2, 0) is 0 Å². The summed E-state index contributed by atoms with van der Waals surface area (Å²) in [6.45, 7) is 2.92. The van der Waals surface area contributed by atoms with Crippen LogP contribution in [0, 0.1) is 5.92 Å². The van der Waals surface area contributed by atoms with Crippen molar-refractivity contribution >= 4 is 5.65 Å². The molecule has 1 N–H and O–H groups in total. The average Bonchev–Trinajstić information content (AvgIpc) is 2.85. The van der Waals surface area contributed by atoms with Gasteiger partial charge in [0.15, 0.2) is 5.65 Å². The quantitative estimate of drug-likeness (QED) is 0.861. The third-order valence-corrected chi connectivity index (χ3v) is 3.10. The van der Waals surface area contributed by atoms with E-state index in [1.165, 1.54) is 12.8 Å². The Kier molecular flexibility index (Phi) is 2.92. The van der Waals surface area contributed by atoms with Crippen LogP contribution in [0.2, 0.25) is 0 Å². The van der Waals surface area contributed by atoms with Gasteiger partial charge in [-0.25, -0.2) is 9.50 Å². The molecule has 1 saturated heterocycles. The Morgan fingerprint density at radius 3 is 3.35 bits per heavy atom. The number of ether oxygens (including phenoxy) is 1. The molecule has 3 rings (SSSR count). The Morgan fingerprint density at radius 1 is 1.47 bits per heavy atom. The van der Waals surface area contributed by atoms with Crippen LogP contribution in [0.5, 0.6) is 5.88 Å². The second-order valence-corrected chi connectivity index (χ2v) is 4.42. The topological polar surface area (TPSA) is 51.5 Å². The Hall–Kier alpha value is -1.62. The highest BCUT2D eigenvalue weighted by molar-refractivity contribution is 5.37. The number of fused-ring (bicyclic) bond motifs is 1. The summed E-state index contributed by atoms with van der Waals surface area (Å²) in [6, 6.07) is 3.79. The maximum atomic E-state index is 5.72. The highest BCUT2D eigenvalue weighted by atomic mass is 16.5. The van der Waals surface area contributed by atoms with Crippen molar-refractivity contribution in [1.29, 1.82) is 0 Å². The van der Waals surface area contributed by atoms with Gasteiger partial charge in [0.05, 0.1) is 6.61 Å². The standard InChI is InChI=1S/C12H16N4O/c1-2-10(8-13-5-1)9-17-12-4-3-11-14-6-7-16(11)15-12/h3-4,6-7,10,13H,1-2,5,8-9H2. The van der Waals surface area contributed by atoms with E-state index in [9.17, 15) is 0 Å². The van der Waals surface area contributed by atoms with E-state index in [-0.39, 0.29) is 0 Å². The van der Waals surface area contributed by atoms with Gasteiger partial charge in [-0.3, -0.25) is 0 Å². The third-order valence-electron chi connectivity index (χ3n) is 3.10. The van der Waals surface area contributed by atoms with Crippen LogP contribution in [0.1, 0.15) is 12.8 Å². The molecule has 90 valence electrons. The lowest BCUT2D eigenvalue weighted by molar-refractivity contribution is 0.210. The SMILES string of the molecule is c1cn2nc(OCC3CCCNC3)ccc2n1. The minimum atomic E-state index is 0.601. The Bertz CT molecular complexity index is 490. The van der Waals surface area contributed by atoms with Gasteiger partial charge >= 0.3 is 0 Å². The first-order valence-electron chi connectivity index (χ1n) is 6.06. The molecule has 5 heteroatoms. The molecule has 1 unspecified atom stereocenters. The van der Waals surface area contributed by atoms with Crippen molar-refractivity contribution in [2.45, 2.75) is 12.8 Å². The zero-order valence-electron chi connectivity index (χ0n) is 9.67. The van der Waals surface area contributed by atoms with Crippen molar-refractivity contribution in [1.82, 2.24) is 19.9 Å². The maximum Gasteiger partial charge on any atom is 0.231 e. The molecule has 0 saturated carbocycles. The lowest BCUT2D eigenvalue weighted by atomic mass is 10.0. The molecule has 0 bridgehead atoms. The highest BCUT2D eigenvalue weighted by Crippen LogP contribution is 2.13. The average molecular weight is 232 g/mol. The number of piperidine rings is 1. The van der Waals surface area contributed by atoms with Gasteiger partial charge in [-0.2, -0.15) is 0 Å². The normalized spacial score (nSPS) is 20.6. The van der Waals surface area contributed by atoms with Gasteiger partial charge in [-0.05, 0) is 25.5 Å². The minimum absolute atomic E-state index is 0.601. The first-order chi connectivity index (χ1) is 8.42. The van der Waals surface area contributed by atoms with E-state index in [1.54, 1.807) is 10.7 Å². The Balaban J connectivity index is 1.63. The molecule has 5 nitrogen and oxygen atoms in total. The molecule has 0 aliphatic carbocycles. The van der Waals surface area contributed by atoms with E-state index < -0.39 is 0 Å². The van der Waals surface area contributed by atoms with Crippen molar-refractivity contribution in [2.24, 2.45) is 5.92 Å². The predicted octanol–water partition coefficient (Wildman–Crippen LogP) is 1.11. The molecule has 1 atom stereocenters. The molecule has 0 radical (unpaired) electrons. The lowest BCUT2D eigenvalue weighted by Crippen LogP contribution is -2.33. The summed E-state index contributed by atoms with van der Waals surface area (Å²) >= 11 is 0. The largest absolute Gasteiger partial charge is 0.476 e. The monoisotopic (exact) mass is 232 g/mol. The number of hydrogen-bond acceptors (Lipinski definition) is 4. The molecular weight excluding hydrogens is 216 g/mol. The van der Waals surface area contributed by atoms with Crippen molar-refractivity contribution in [3.8, 4) is 5.88 Å². The van der Waals surface area contributed by atoms with E-state index in [1.807, 2.05) is 18.3 Å². The number of nitrogens with zero attached hydrogens (tertiary/aromatic N) is 3. The van der Waals surface area contributed by atoms with Crippen LogP contribution < -0.4 is 10.1 Å². The molecule has 1 aliphatic heterocycles. The van der Waals surface area contributed by atoms with Crippen LogP contribution in [-0.4, -0.2) is 34.3 Å². The summed E-state index contributed by atoms with van der Waals surface area (Å²) in [6.07, 6.45) is 6.03. The number of aromatic nitrogens is 3. The fourth-order valence-corrected chi connectivity index (χ4v) is 2.14. The summed E-state index contributed by atoms with van der Waals surface area (Å²) in [5.41, 5.74) is 0.844. The molecule has 2 aromatic rings. The smallest absolute Gasteiger partial charge is 0.231 e. The van der Waals surface area contributed by atoms with Gasteiger partial charge in [0.1, 0.15) is 0 Å². The molecular formula is C12H16N4O. The molecule has 0 aromatic carbocycles. The number of nitrogens with one attached hydrogen (secondary N) is 1. The van der Waals surface area contributed by atoms with Gasteiger partial charge in [-0.15, -0.1) is 5.10 Å². The van der Waals surface area contributed by atoms with E-state index in [0.717, 1.165) is 25.3 Å². The van der Waals surface area contributed by atoms with E-state index >= 15 is 0 Å². The zero-order chi connectivity index (χ0) is 11.5. The van der Waals surface area contributed by atoms with Crippen LogP contribution in [0.3, 0.4) is 0 Å². The third kappa shape index (κ3) is 2.39. The fraction of sp³-hybridized carbons (Fsp3) is 0.500. The summed E-state index contributed by atoms with van der Waals surface area (Å²) in [7, 11) is 0. The molecule has 0 amide bonds. The lowest BCUT2D eigenvalue weighted by Gasteiger charge is -2.22. The number of rotatable bonds is 3. The molecule has 3 heterocycles. The predicted molar refractivity (Wildman–Crippen MR) is 64.1 cm³/mol. The van der Waals surface area contributed by atoms with Gasteiger partial charge in [0.25, 0.3) is 0 Å². The van der Waals surface area contributed by atoms with Crippen molar-refractivity contribution in [2.75, 3.05) is 19.7 Å². The van der Waals surface area contributed by atoms with E-state index in [2.05, 4.69) is 15.4 Å². The molecule has 17 heavy (non-hydrogen) atoms. The van der Waals surface area contributed by atoms with Crippen molar-refractivity contribution < 1.29 is 4.74 Å². The summed E-state index contributed by atoms with van der Waals surface area (Å²) in [5, 5.41) is 7.71. The van der Waals surface area contributed by atoms with Crippen molar-refractivity contribution in [3.63, 3.8) is 0 Å². The number of imidazole rings is 1. The Labute approximate surface area is 99.8 Å². The Morgan fingerprint density at radius 2 is 2.47 bits per heavy atom. The van der Waals surface area contributed by atoms with Crippen LogP contribution >= 0.6 is 0 Å². The maximum absolute atomic E-state index is 5.72. The highest BCUT2D eigenvalue weighted by Gasteiger charge is 2.13. The van der Waals surface area contributed by atoms with Gasteiger partial charge < -0.3 is 10.1 Å². The summed E-state index contributed by atoms with van der Waals surface area (Å²) in [4.78, 5) is 4.14. The van der Waals surface area contributed by atoms with Crippen LogP contribution in [0.4, 0.5) is 0 Å². The fourth-order valence-electron chi connectivity index (χ4n) is 2.14. The molecule has 2 aromatic heterocycles. The van der Waals surface area contributed by atoms with Crippen LogP contribution in [0.25, 0.3) is 5.65 Å². The van der Waals surface area contributed by atoms with Gasteiger partial charge in [-0.1, -0.05) is 0 Å².